The second-order valence-electron chi connectivity index (χ2n) is 7.33. The molecule has 178 valence electrons. The van der Waals surface area contributed by atoms with Crippen molar-refractivity contribution in [3.05, 3.63) is 104 Å². The highest BCUT2D eigenvalue weighted by molar-refractivity contribution is 5.95. The molecule has 0 saturated carbocycles. The lowest BCUT2D eigenvalue weighted by molar-refractivity contribution is -0.385. The number of esters is 1. The molecule has 0 N–H and O–H groups in total. The molecule has 0 atom stereocenters. The van der Waals surface area contributed by atoms with E-state index in [-0.39, 0.29) is 22.4 Å². The molecule has 0 aliphatic carbocycles. The van der Waals surface area contributed by atoms with Crippen LogP contribution in [0.25, 0.3) is 11.0 Å². The molecular formula is C24H14F3NO7. The van der Waals surface area contributed by atoms with Gasteiger partial charge in [0.25, 0.3) is 11.4 Å². The van der Waals surface area contributed by atoms with Crippen molar-refractivity contribution in [1.29, 1.82) is 0 Å². The lowest BCUT2D eigenvalue weighted by Crippen LogP contribution is -2.16. The Morgan fingerprint density at radius 3 is 2.43 bits per heavy atom. The summed E-state index contributed by atoms with van der Waals surface area (Å²) in [5, 5.41) is 10.9. The predicted octanol–water partition coefficient (Wildman–Crippen LogP) is 6.04. The molecule has 8 nitrogen and oxygen atoms in total. The maximum absolute atomic E-state index is 13.7. The number of nitrogens with zero attached hydrogens (tertiary/aromatic N) is 1. The number of halogens is 3. The number of alkyl halides is 3. The summed E-state index contributed by atoms with van der Waals surface area (Å²) in [5.41, 5.74) is -1.78. The summed E-state index contributed by atoms with van der Waals surface area (Å²) < 4.78 is 56.5. The van der Waals surface area contributed by atoms with Gasteiger partial charge >= 0.3 is 12.1 Å². The highest BCUT2D eigenvalue weighted by Gasteiger charge is 2.40. The second kappa shape index (κ2) is 8.93. The molecule has 0 fully saturated rings. The number of fused-ring (bicyclic) bond motifs is 1. The van der Waals surface area contributed by atoms with Crippen LogP contribution in [-0.4, -0.2) is 10.9 Å². The minimum atomic E-state index is -5.08. The number of para-hydroxylation sites is 1. The number of aryl methyl sites for hydroxylation is 1. The maximum atomic E-state index is 13.7. The molecular weight excluding hydrogens is 471 g/mol. The second-order valence-corrected chi connectivity index (χ2v) is 7.33. The fourth-order valence-electron chi connectivity index (χ4n) is 3.26. The fraction of sp³-hybridized carbons (Fsp3) is 0.0833. The van der Waals surface area contributed by atoms with Crippen LogP contribution in [0.1, 0.15) is 21.7 Å². The van der Waals surface area contributed by atoms with E-state index in [4.69, 9.17) is 13.9 Å². The number of carbonyl (C=O) groups is 1. The average molecular weight is 485 g/mol. The van der Waals surface area contributed by atoms with Gasteiger partial charge in [0.15, 0.2) is 0 Å². The molecule has 0 saturated heterocycles. The number of carbonyl (C=O) groups excluding carboxylic acids is 1. The monoisotopic (exact) mass is 485 g/mol. The predicted molar refractivity (Wildman–Crippen MR) is 117 cm³/mol. The van der Waals surface area contributed by atoms with Crippen molar-refractivity contribution in [3.8, 4) is 17.2 Å². The number of ether oxygens (including phenoxy) is 2. The number of hydrogen-bond acceptors (Lipinski definition) is 7. The van der Waals surface area contributed by atoms with Gasteiger partial charge in [0, 0.05) is 12.1 Å². The Labute approximate surface area is 194 Å². The molecule has 4 aromatic rings. The maximum Gasteiger partial charge on any atom is 0.453 e. The molecule has 0 aliphatic rings. The quantitative estimate of drug-likeness (QED) is 0.147. The smallest absolute Gasteiger partial charge is 0.449 e. The third-order valence-electron chi connectivity index (χ3n) is 4.82. The summed E-state index contributed by atoms with van der Waals surface area (Å²) in [7, 11) is 0. The number of nitro groups is 1. The summed E-state index contributed by atoms with van der Waals surface area (Å²) in [6.45, 7) is 1.70. The summed E-state index contributed by atoms with van der Waals surface area (Å²) >= 11 is 0. The molecule has 11 heteroatoms. The minimum Gasteiger partial charge on any atom is -0.449 e. The Morgan fingerprint density at radius 2 is 1.74 bits per heavy atom. The Bertz CT molecular complexity index is 1530. The largest absolute Gasteiger partial charge is 0.453 e. The van der Waals surface area contributed by atoms with E-state index in [2.05, 4.69) is 0 Å². The molecule has 0 amide bonds. The van der Waals surface area contributed by atoms with E-state index in [0.29, 0.717) is 5.56 Å². The van der Waals surface area contributed by atoms with Crippen LogP contribution >= 0.6 is 0 Å². The summed E-state index contributed by atoms with van der Waals surface area (Å²) in [6, 6.07) is 14.3. The van der Waals surface area contributed by atoms with Crippen molar-refractivity contribution in [2.24, 2.45) is 0 Å². The van der Waals surface area contributed by atoms with E-state index in [0.717, 1.165) is 30.3 Å². The van der Waals surface area contributed by atoms with Gasteiger partial charge in [-0.3, -0.25) is 14.9 Å². The van der Waals surface area contributed by atoms with E-state index in [1.165, 1.54) is 24.3 Å². The molecule has 1 heterocycles. The van der Waals surface area contributed by atoms with Crippen molar-refractivity contribution < 1.29 is 36.8 Å². The van der Waals surface area contributed by atoms with E-state index in [1.54, 1.807) is 19.1 Å². The molecule has 0 bridgehead atoms. The molecule has 0 unspecified atom stereocenters. The SMILES string of the molecule is Cc1cccc(Oc2c(C(F)(F)F)oc3cc(OC(=O)c4ccccc4[N+](=O)[O-])ccc3c2=O)c1. The van der Waals surface area contributed by atoms with Crippen molar-refractivity contribution in [3.63, 3.8) is 0 Å². The highest BCUT2D eigenvalue weighted by atomic mass is 19.4. The minimum absolute atomic E-state index is 0.0113. The fourth-order valence-corrected chi connectivity index (χ4v) is 3.26. The van der Waals surface area contributed by atoms with Crippen molar-refractivity contribution >= 4 is 22.6 Å². The van der Waals surface area contributed by atoms with Gasteiger partial charge in [-0.2, -0.15) is 13.2 Å². The van der Waals surface area contributed by atoms with Crippen LogP contribution in [0.4, 0.5) is 18.9 Å². The third-order valence-corrected chi connectivity index (χ3v) is 4.82. The summed E-state index contributed by atoms with van der Waals surface area (Å²) in [6.07, 6.45) is -5.08. The first-order valence-electron chi connectivity index (χ1n) is 9.93. The van der Waals surface area contributed by atoms with Crippen LogP contribution in [-0.2, 0) is 6.18 Å². The van der Waals surface area contributed by atoms with Crippen molar-refractivity contribution in [2.45, 2.75) is 13.1 Å². The average Bonchev–Trinajstić information content (AvgIpc) is 2.80. The van der Waals surface area contributed by atoms with Crippen molar-refractivity contribution in [2.75, 3.05) is 0 Å². The number of rotatable bonds is 5. The molecule has 0 aliphatic heterocycles. The molecule has 35 heavy (non-hydrogen) atoms. The summed E-state index contributed by atoms with van der Waals surface area (Å²) in [4.78, 5) is 35.7. The van der Waals surface area contributed by atoms with Gasteiger partial charge in [0.2, 0.25) is 11.2 Å². The lowest BCUT2D eigenvalue weighted by Gasteiger charge is -2.14. The normalized spacial score (nSPS) is 11.3. The van der Waals surface area contributed by atoms with Crippen molar-refractivity contribution in [1.82, 2.24) is 0 Å². The van der Waals surface area contributed by atoms with E-state index >= 15 is 0 Å². The first-order chi connectivity index (χ1) is 16.5. The van der Waals surface area contributed by atoms with Crippen LogP contribution < -0.4 is 14.9 Å². The van der Waals surface area contributed by atoms with E-state index < -0.39 is 45.3 Å². The number of hydrogen-bond donors (Lipinski definition) is 0. The van der Waals surface area contributed by atoms with Gasteiger partial charge in [-0.05, 0) is 42.8 Å². The Morgan fingerprint density at radius 1 is 1.00 bits per heavy atom. The lowest BCUT2D eigenvalue weighted by atomic mass is 10.1. The van der Waals surface area contributed by atoms with Gasteiger partial charge in [-0.1, -0.05) is 24.3 Å². The highest BCUT2D eigenvalue weighted by Crippen LogP contribution is 2.38. The van der Waals surface area contributed by atoms with Crippen LogP contribution in [0.3, 0.4) is 0 Å². The van der Waals surface area contributed by atoms with Gasteiger partial charge < -0.3 is 13.9 Å². The van der Waals surface area contributed by atoms with Gasteiger partial charge in [0.1, 0.15) is 22.6 Å². The molecule has 3 aromatic carbocycles. The molecule has 4 rings (SSSR count). The molecule has 0 radical (unpaired) electrons. The Balaban J connectivity index is 1.76. The van der Waals surface area contributed by atoms with Crippen LogP contribution in [0.15, 0.2) is 75.9 Å². The Kier molecular flexibility index (Phi) is 6.00. The zero-order valence-electron chi connectivity index (χ0n) is 17.8. The van der Waals surface area contributed by atoms with E-state index in [9.17, 15) is 32.9 Å². The summed E-state index contributed by atoms with van der Waals surface area (Å²) in [5.74, 6) is -4.10. The van der Waals surface area contributed by atoms with Gasteiger partial charge in [0.05, 0.1) is 10.3 Å². The number of benzene rings is 3. The number of nitro benzene ring substituents is 1. The van der Waals surface area contributed by atoms with Crippen LogP contribution in [0, 0.1) is 17.0 Å². The third kappa shape index (κ3) is 4.83. The standard InChI is InChI=1S/C24H14F3NO7/c1-13-5-4-6-14(11-13)33-21-20(29)17-10-9-15(12-19(17)35-22(21)24(25,26)27)34-23(30)16-7-2-3-8-18(16)28(31)32/h2-12H,1H3. The van der Waals surface area contributed by atoms with Gasteiger partial charge in [-0.15, -0.1) is 0 Å². The van der Waals surface area contributed by atoms with E-state index in [1.807, 2.05) is 0 Å². The topological polar surface area (TPSA) is 109 Å². The zero-order valence-corrected chi connectivity index (χ0v) is 17.8. The first-order valence-corrected chi connectivity index (χ1v) is 9.93. The van der Waals surface area contributed by atoms with Crippen LogP contribution in [0.5, 0.6) is 17.2 Å². The molecule has 0 spiro atoms. The zero-order chi connectivity index (χ0) is 25.3. The Hall–Kier alpha value is -4.67. The molecule has 1 aromatic heterocycles. The van der Waals surface area contributed by atoms with Gasteiger partial charge in [-0.25, -0.2) is 4.79 Å². The first kappa shape index (κ1) is 23.5. The van der Waals surface area contributed by atoms with Crippen LogP contribution in [0.2, 0.25) is 0 Å².